The van der Waals surface area contributed by atoms with Gasteiger partial charge in [-0.1, -0.05) is 35.9 Å². The van der Waals surface area contributed by atoms with E-state index in [1.165, 1.54) is 11.1 Å². The normalized spacial score (nSPS) is 23.1. The van der Waals surface area contributed by atoms with Gasteiger partial charge in [0.1, 0.15) is 5.54 Å². The van der Waals surface area contributed by atoms with Crippen molar-refractivity contribution in [2.45, 2.75) is 50.1 Å². The molecular weight excluding hydrogens is 410 g/mol. The van der Waals surface area contributed by atoms with Crippen LogP contribution < -0.4 is 10.2 Å². The van der Waals surface area contributed by atoms with Crippen molar-refractivity contribution < 1.29 is 9.90 Å². The molecule has 2 saturated heterocycles. The van der Waals surface area contributed by atoms with Crippen LogP contribution in [0.2, 0.25) is 5.02 Å². The Morgan fingerprint density at radius 3 is 2.77 bits per heavy atom. The number of hydrogen-bond acceptors (Lipinski definition) is 4. The third-order valence-corrected chi connectivity index (χ3v) is 7.86. The van der Waals surface area contributed by atoms with Crippen LogP contribution in [0.5, 0.6) is 0 Å². The third kappa shape index (κ3) is 3.73. The summed E-state index contributed by atoms with van der Waals surface area (Å²) >= 11 is 6.49. The van der Waals surface area contributed by atoms with E-state index in [1.807, 2.05) is 18.2 Å². The van der Waals surface area contributed by atoms with Crippen molar-refractivity contribution in [1.82, 2.24) is 10.2 Å². The Morgan fingerprint density at radius 1 is 1.16 bits per heavy atom. The molecule has 0 aromatic heterocycles. The average Bonchev–Trinajstić information content (AvgIpc) is 3.10. The quantitative estimate of drug-likeness (QED) is 0.768. The van der Waals surface area contributed by atoms with Gasteiger partial charge in [-0.25, -0.2) is 0 Å². The lowest BCUT2D eigenvalue weighted by Gasteiger charge is -2.46. The highest BCUT2D eigenvalue weighted by molar-refractivity contribution is 6.31. The van der Waals surface area contributed by atoms with E-state index in [0.29, 0.717) is 19.1 Å². The van der Waals surface area contributed by atoms with Crippen molar-refractivity contribution in [3.63, 3.8) is 0 Å². The minimum absolute atomic E-state index is 0.134. The monoisotopic (exact) mass is 439 g/mol. The van der Waals surface area contributed by atoms with Crippen LogP contribution in [0.1, 0.15) is 36.0 Å². The largest absolute Gasteiger partial charge is 0.396 e. The number of carbonyl (C=O) groups is 1. The topological polar surface area (TPSA) is 55.8 Å². The van der Waals surface area contributed by atoms with Gasteiger partial charge < -0.3 is 15.3 Å². The van der Waals surface area contributed by atoms with Crippen LogP contribution in [0.15, 0.2) is 42.5 Å². The van der Waals surface area contributed by atoms with E-state index < -0.39 is 5.54 Å². The van der Waals surface area contributed by atoms with Gasteiger partial charge in [-0.3, -0.25) is 9.69 Å². The Morgan fingerprint density at radius 2 is 1.97 bits per heavy atom. The number of nitrogens with one attached hydrogen (secondary N) is 1. The number of carbonyl (C=O) groups excluding carboxylic acids is 1. The van der Waals surface area contributed by atoms with Gasteiger partial charge in [0.15, 0.2) is 0 Å². The van der Waals surface area contributed by atoms with Gasteiger partial charge in [0.25, 0.3) is 0 Å². The molecule has 164 valence electrons. The summed E-state index contributed by atoms with van der Waals surface area (Å²) < 4.78 is 0. The number of aliphatic hydroxyl groups is 1. The maximum atomic E-state index is 13.0. The number of aliphatic hydroxyl groups excluding tert-OH is 1. The molecule has 0 bridgehead atoms. The number of amides is 1. The minimum Gasteiger partial charge on any atom is -0.396 e. The number of hydrogen-bond donors (Lipinski definition) is 2. The molecule has 5 rings (SSSR count). The zero-order valence-corrected chi connectivity index (χ0v) is 18.6. The summed E-state index contributed by atoms with van der Waals surface area (Å²) in [6.45, 7) is 2.53. The maximum Gasteiger partial charge on any atom is 0.247 e. The molecule has 2 aliphatic heterocycles. The fourth-order valence-corrected chi connectivity index (χ4v) is 6.00. The second-order valence-electron chi connectivity index (χ2n) is 9.08. The van der Waals surface area contributed by atoms with Gasteiger partial charge in [0.2, 0.25) is 5.91 Å². The Bertz CT molecular complexity index is 971. The highest BCUT2D eigenvalue weighted by Gasteiger charge is 2.51. The van der Waals surface area contributed by atoms with E-state index in [-0.39, 0.29) is 12.5 Å². The second kappa shape index (κ2) is 8.45. The van der Waals surface area contributed by atoms with Crippen molar-refractivity contribution in [3.8, 4) is 0 Å². The Kier molecular flexibility index (Phi) is 5.67. The summed E-state index contributed by atoms with van der Waals surface area (Å²) in [7, 11) is 0. The van der Waals surface area contributed by atoms with Crippen molar-refractivity contribution in [1.29, 1.82) is 0 Å². The van der Waals surface area contributed by atoms with Crippen LogP contribution in [-0.2, 0) is 24.1 Å². The summed E-state index contributed by atoms with van der Waals surface area (Å²) in [5.41, 5.74) is 4.39. The first-order valence-corrected chi connectivity index (χ1v) is 11.7. The summed E-state index contributed by atoms with van der Waals surface area (Å²) in [4.78, 5) is 17.8. The number of nitrogens with zero attached hydrogens (tertiary/aromatic N) is 2. The molecule has 1 atom stereocenters. The molecule has 5 nitrogen and oxygen atoms in total. The van der Waals surface area contributed by atoms with E-state index in [2.05, 4.69) is 39.4 Å². The number of fused-ring (bicyclic) bond motifs is 1. The van der Waals surface area contributed by atoms with Crippen LogP contribution in [-0.4, -0.2) is 53.9 Å². The molecule has 1 unspecified atom stereocenters. The number of anilines is 1. The summed E-state index contributed by atoms with van der Waals surface area (Å²) in [6, 6.07) is 15.0. The summed E-state index contributed by atoms with van der Waals surface area (Å²) in [5.74, 6) is 0.150. The lowest BCUT2D eigenvalue weighted by molar-refractivity contribution is -0.125. The summed E-state index contributed by atoms with van der Waals surface area (Å²) in [5, 5.41) is 13.3. The molecule has 3 aliphatic rings. The first-order valence-electron chi connectivity index (χ1n) is 11.4. The Hall–Kier alpha value is -2.08. The number of piperidine rings is 1. The molecule has 2 aromatic rings. The number of benzene rings is 2. The van der Waals surface area contributed by atoms with Crippen LogP contribution in [0.4, 0.5) is 5.69 Å². The number of aryl methyl sites for hydroxylation is 1. The lowest BCUT2D eigenvalue weighted by Crippen LogP contribution is -2.58. The molecular formula is C25H30ClN3O2. The zero-order valence-electron chi connectivity index (χ0n) is 17.8. The van der Waals surface area contributed by atoms with Gasteiger partial charge in [-0.15, -0.1) is 0 Å². The van der Waals surface area contributed by atoms with Crippen molar-refractivity contribution in [2.75, 3.05) is 31.3 Å². The Balaban J connectivity index is 1.32. The molecule has 2 fully saturated rings. The van der Waals surface area contributed by atoms with E-state index in [4.69, 9.17) is 11.6 Å². The molecule has 2 heterocycles. The number of likely N-dealkylation sites (tertiary alicyclic amines) is 1. The van der Waals surface area contributed by atoms with Crippen molar-refractivity contribution >= 4 is 23.2 Å². The molecule has 0 radical (unpaired) electrons. The first kappa shape index (κ1) is 20.8. The van der Waals surface area contributed by atoms with E-state index in [1.54, 1.807) is 0 Å². The summed E-state index contributed by atoms with van der Waals surface area (Å²) in [6.07, 6.45) is 5.52. The number of rotatable bonds is 4. The van der Waals surface area contributed by atoms with E-state index in [0.717, 1.165) is 61.5 Å². The molecule has 1 amide bonds. The van der Waals surface area contributed by atoms with Gasteiger partial charge in [-0.2, -0.15) is 0 Å². The average molecular weight is 440 g/mol. The molecule has 2 aromatic carbocycles. The van der Waals surface area contributed by atoms with Gasteiger partial charge >= 0.3 is 0 Å². The fourth-order valence-electron chi connectivity index (χ4n) is 5.73. The first-order chi connectivity index (χ1) is 15.1. The minimum atomic E-state index is -0.474. The predicted octanol–water partition coefficient (Wildman–Crippen LogP) is 3.16. The second-order valence-corrected chi connectivity index (χ2v) is 9.48. The highest BCUT2D eigenvalue weighted by Crippen LogP contribution is 2.38. The number of halogens is 1. The Labute approximate surface area is 189 Å². The fraction of sp³-hybridized carbons (Fsp3) is 0.480. The van der Waals surface area contributed by atoms with Gasteiger partial charge in [-0.05, 0) is 73.4 Å². The maximum absolute atomic E-state index is 13.0. The predicted molar refractivity (Wildman–Crippen MR) is 124 cm³/mol. The lowest BCUT2D eigenvalue weighted by atomic mass is 9.82. The van der Waals surface area contributed by atoms with Gasteiger partial charge in [0.05, 0.1) is 6.67 Å². The third-order valence-electron chi connectivity index (χ3n) is 7.50. The zero-order chi connectivity index (χ0) is 21.4. The highest BCUT2D eigenvalue weighted by atomic mass is 35.5. The van der Waals surface area contributed by atoms with Crippen LogP contribution in [0.3, 0.4) is 0 Å². The van der Waals surface area contributed by atoms with Crippen LogP contribution >= 0.6 is 11.6 Å². The standard InChI is InChI=1S/C25H30ClN3O2/c26-23-6-2-4-19-7-8-20(16-22(19)23)28-12-10-25(11-13-28)24(31)27-17-29(25)21-5-1-3-18(15-21)9-14-30/h1-6,15,20,30H,7-14,16-17H2,(H,27,31). The molecule has 6 heteroatoms. The molecule has 1 spiro atoms. The molecule has 1 aliphatic carbocycles. The van der Waals surface area contributed by atoms with E-state index >= 15 is 0 Å². The van der Waals surface area contributed by atoms with Crippen LogP contribution in [0.25, 0.3) is 0 Å². The van der Waals surface area contributed by atoms with Crippen molar-refractivity contribution in [2.24, 2.45) is 0 Å². The van der Waals surface area contributed by atoms with Gasteiger partial charge in [0, 0.05) is 36.4 Å². The SMILES string of the molecule is O=C1NCN(c2cccc(CCO)c2)C12CCN(C1CCc3cccc(Cl)c3C1)CC2. The molecule has 0 saturated carbocycles. The molecule has 31 heavy (non-hydrogen) atoms. The smallest absolute Gasteiger partial charge is 0.247 e. The van der Waals surface area contributed by atoms with Crippen LogP contribution in [0, 0.1) is 0 Å². The molecule has 2 N–H and O–H groups in total. The van der Waals surface area contributed by atoms with E-state index in [9.17, 15) is 9.90 Å². The van der Waals surface area contributed by atoms with Crippen molar-refractivity contribution in [3.05, 3.63) is 64.2 Å².